The molecule has 18 heavy (non-hydrogen) atoms. The number of rotatable bonds is 5. The summed E-state index contributed by atoms with van der Waals surface area (Å²) in [7, 11) is 4.04. The van der Waals surface area contributed by atoms with E-state index in [1.165, 1.54) is 0 Å². The van der Waals surface area contributed by atoms with Gasteiger partial charge in [-0.25, -0.2) is 4.98 Å². The Hall–Kier alpha value is -1.72. The summed E-state index contributed by atoms with van der Waals surface area (Å²) < 4.78 is 2.02. The summed E-state index contributed by atoms with van der Waals surface area (Å²) in [5, 5.41) is 0. The Bertz CT molecular complexity index is 479. The van der Waals surface area contributed by atoms with Crippen LogP contribution in [0, 0.1) is 0 Å². The molecule has 0 spiro atoms. The molecule has 0 amide bonds. The Labute approximate surface area is 107 Å². The number of hydrogen-bond donors (Lipinski definition) is 1. The number of pyridine rings is 1. The van der Waals surface area contributed by atoms with Gasteiger partial charge in [0.25, 0.3) is 0 Å². The number of nitrogens with zero attached hydrogens (tertiary/aromatic N) is 4. The molecule has 0 radical (unpaired) electrons. The van der Waals surface area contributed by atoms with Crippen LogP contribution in [0.4, 0.5) is 0 Å². The fourth-order valence-corrected chi connectivity index (χ4v) is 1.98. The third-order valence-electron chi connectivity index (χ3n) is 3.10. The van der Waals surface area contributed by atoms with Gasteiger partial charge in [-0.2, -0.15) is 0 Å². The maximum absolute atomic E-state index is 5.86. The van der Waals surface area contributed by atoms with Crippen molar-refractivity contribution in [2.75, 3.05) is 13.6 Å². The van der Waals surface area contributed by atoms with E-state index >= 15 is 0 Å². The fraction of sp³-hybridized carbons (Fsp3) is 0.385. The maximum Gasteiger partial charge on any atom is 0.122 e. The second-order valence-electron chi connectivity index (χ2n) is 4.38. The summed E-state index contributed by atoms with van der Waals surface area (Å²) in [5.41, 5.74) is 6.86. The number of aromatic nitrogens is 3. The van der Waals surface area contributed by atoms with Crippen LogP contribution in [0.15, 0.2) is 36.8 Å². The van der Waals surface area contributed by atoms with Gasteiger partial charge in [0.05, 0.1) is 18.3 Å². The Morgan fingerprint density at radius 1 is 1.33 bits per heavy atom. The molecule has 2 heterocycles. The van der Waals surface area contributed by atoms with Crippen molar-refractivity contribution in [2.45, 2.75) is 12.6 Å². The quantitative estimate of drug-likeness (QED) is 0.852. The normalized spacial score (nSPS) is 12.9. The second-order valence-corrected chi connectivity index (χ2v) is 4.38. The number of imidazole rings is 1. The average molecular weight is 245 g/mol. The molecule has 1 atom stereocenters. The smallest absolute Gasteiger partial charge is 0.122 e. The molecule has 0 fully saturated rings. The Balaban J connectivity index is 2.11. The SMILES string of the molecule is CN(Cc1nccn1C)C(CN)c1ccccn1. The van der Waals surface area contributed by atoms with E-state index in [0.717, 1.165) is 18.1 Å². The molecule has 2 aromatic rings. The predicted molar refractivity (Wildman–Crippen MR) is 70.7 cm³/mol. The number of hydrogen-bond acceptors (Lipinski definition) is 4. The first-order chi connectivity index (χ1) is 8.72. The van der Waals surface area contributed by atoms with E-state index in [2.05, 4.69) is 14.9 Å². The van der Waals surface area contributed by atoms with Crippen molar-refractivity contribution in [3.63, 3.8) is 0 Å². The van der Waals surface area contributed by atoms with Crippen molar-refractivity contribution in [1.82, 2.24) is 19.4 Å². The van der Waals surface area contributed by atoms with Gasteiger partial charge in [0.1, 0.15) is 5.82 Å². The van der Waals surface area contributed by atoms with Crippen molar-refractivity contribution < 1.29 is 0 Å². The lowest BCUT2D eigenvalue weighted by atomic mass is 10.1. The van der Waals surface area contributed by atoms with E-state index in [-0.39, 0.29) is 6.04 Å². The lowest BCUT2D eigenvalue weighted by Crippen LogP contribution is -2.31. The molecule has 0 saturated carbocycles. The van der Waals surface area contributed by atoms with Crippen LogP contribution in [0.2, 0.25) is 0 Å². The van der Waals surface area contributed by atoms with Gasteiger partial charge >= 0.3 is 0 Å². The molecule has 0 aliphatic rings. The summed E-state index contributed by atoms with van der Waals surface area (Å²) in [6.45, 7) is 1.29. The third-order valence-corrected chi connectivity index (χ3v) is 3.10. The number of likely N-dealkylation sites (N-methyl/N-ethyl adjacent to an activating group) is 1. The topological polar surface area (TPSA) is 60.0 Å². The Kier molecular flexibility index (Phi) is 4.07. The highest BCUT2D eigenvalue weighted by Gasteiger charge is 2.17. The van der Waals surface area contributed by atoms with E-state index in [1.54, 1.807) is 12.4 Å². The Morgan fingerprint density at radius 3 is 2.72 bits per heavy atom. The lowest BCUT2D eigenvalue weighted by molar-refractivity contribution is 0.229. The second kappa shape index (κ2) is 5.75. The van der Waals surface area contributed by atoms with Crippen molar-refractivity contribution in [2.24, 2.45) is 12.8 Å². The zero-order chi connectivity index (χ0) is 13.0. The molecule has 2 N–H and O–H groups in total. The van der Waals surface area contributed by atoms with Gasteiger partial charge in [-0.15, -0.1) is 0 Å². The van der Waals surface area contributed by atoms with Crippen LogP contribution in [0.1, 0.15) is 17.6 Å². The highest BCUT2D eigenvalue weighted by molar-refractivity contribution is 5.09. The zero-order valence-electron chi connectivity index (χ0n) is 10.8. The van der Waals surface area contributed by atoms with Crippen molar-refractivity contribution >= 4 is 0 Å². The van der Waals surface area contributed by atoms with Crippen molar-refractivity contribution in [3.05, 3.63) is 48.3 Å². The lowest BCUT2D eigenvalue weighted by Gasteiger charge is -2.26. The van der Waals surface area contributed by atoms with Crippen LogP contribution in [-0.2, 0) is 13.6 Å². The van der Waals surface area contributed by atoms with Gasteiger partial charge in [-0.3, -0.25) is 9.88 Å². The highest BCUT2D eigenvalue weighted by Crippen LogP contribution is 2.17. The molecule has 0 bridgehead atoms. The first kappa shape index (κ1) is 12.7. The Morgan fingerprint density at radius 2 is 2.17 bits per heavy atom. The van der Waals surface area contributed by atoms with Crippen LogP contribution >= 0.6 is 0 Å². The minimum absolute atomic E-state index is 0.114. The molecule has 5 heteroatoms. The van der Waals surface area contributed by atoms with E-state index in [0.29, 0.717) is 6.54 Å². The maximum atomic E-state index is 5.86. The molecule has 0 aliphatic heterocycles. The van der Waals surface area contributed by atoms with Crippen LogP contribution < -0.4 is 5.73 Å². The van der Waals surface area contributed by atoms with Crippen LogP contribution in [0.3, 0.4) is 0 Å². The fourth-order valence-electron chi connectivity index (χ4n) is 1.98. The van der Waals surface area contributed by atoms with Gasteiger partial charge < -0.3 is 10.3 Å². The van der Waals surface area contributed by atoms with Gasteiger partial charge in [0, 0.05) is 32.2 Å². The predicted octanol–water partition coefficient (Wildman–Crippen LogP) is 0.947. The molecular formula is C13H19N5. The standard InChI is InChI=1S/C13H19N5/c1-17-8-7-16-13(17)10-18(2)12(9-14)11-5-3-4-6-15-11/h3-8,12H,9-10,14H2,1-2H3. The first-order valence-corrected chi connectivity index (χ1v) is 6.00. The molecular weight excluding hydrogens is 226 g/mol. The van der Waals surface area contributed by atoms with Crippen molar-refractivity contribution in [3.8, 4) is 0 Å². The van der Waals surface area contributed by atoms with Gasteiger partial charge in [-0.05, 0) is 19.2 Å². The van der Waals surface area contributed by atoms with Gasteiger partial charge in [-0.1, -0.05) is 6.07 Å². The van der Waals surface area contributed by atoms with E-state index < -0.39 is 0 Å². The van der Waals surface area contributed by atoms with E-state index in [9.17, 15) is 0 Å². The summed E-state index contributed by atoms with van der Waals surface area (Å²) in [6.07, 6.45) is 5.55. The summed E-state index contributed by atoms with van der Waals surface area (Å²) >= 11 is 0. The van der Waals surface area contributed by atoms with E-state index in [4.69, 9.17) is 5.73 Å². The van der Waals surface area contributed by atoms with Gasteiger partial charge in [0.2, 0.25) is 0 Å². The molecule has 1 unspecified atom stereocenters. The number of nitrogens with two attached hydrogens (primary N) is 1. The molecule has 2 aromatic heterocycles. The largest absolute Gasteiger partial charge is 0.337 e. The third kappa shape index (κ3) is 2.75. The molecule has 0 saturated heterocycles. The molecule has 96 valence electrons. The number of aryl methyl sites for hydroxylation is 1. The molecule has 0 aliphatic carbocycles. The minimum atomic E-state index is 0.114. The highest BCUT2D eigenvalue weighted by atomic mass is 15.2. The minimum Gasteiger partial charge on any atom is -0.337 e. The first-order valence-electron chi connectivity index (χ1n) is 6.00. The van der Waals surface area contributed by atoms with Crippen LogP contribution in [0.25, 0.3) is 0 Å². The average Bonchev–Trinajstić information content (AvgIpc) is 2.77. The zero-order valence-corrected chi connectivity index (χ0v) is 10.8. The summed E-state index contributed by atoms with van der Waals surface area (Å²) in [4.78, 5) is 10.9. The molecule has 2 rings (SSSR count). The molecule has 0 aromatic carbocycles. The monoisotopic (exact) mass is 245 g/mol. The molecule has 5 nitrogen and oxygen atoms in total. The van der Waals surface area contributed by atoms with Crippen LogP contribution in [0.5, 0.6) is 0 Å². The van der Waals surface area contributed by atoms with Crippen LogP contribution in [-0.4, -0.2) is 33.0 Å². The van der Waals surface area contributed by atoms with E-state index in [1.807, 2.05) is 43.1 Å². The van der Waals surface area contributed by atoms with Gasteiger partial charge in [0.15, 0.2) is 0 Å². The summed E-state index contributed by atoms with van der Waals surface area (Å²) in [6, 6.07) is 6.02. The van der Waals surface area contributed by atoms with Crippen molar-refractivity contribution in [1.29, 1.82) is 0 Å². The summed E-state index contributed by atoms with van der Waals surface area (Å²) in [5.74, 6) is 1.02.